The first kappa shape index (κ1) is 17.6. The second-order valence-corrected chi connectivity index (χ2v) is 7.21. The minimum atomic E-state index is 0.483. The van der Waals surface area contributed by atoms with Crippen molar-refractivity contribution in [3.63, 3.8) is 0 Å². The van der Waals surface area contributed by atoms with Crippen molar-refractivity contribution in [1.82, 2.24) is 5.32 Å². The number of ether oxygens (including phenoxy) is 1. The molecule has 0 bridgehead atoms. The Labute approximate surface area is 154 Å². The van der Waals surface area contributed by atoms with Crippen molar-refractivity contribution in [2.75, 3.05) is 0 Å². The number of rotatable bonds is 6. The Bertz CT molecular complexity index is 668. The van der Waals surface area contributed by atoms with Crippen LogP contribution in [0.1, 0.15) is 43.2 Å². The first-order valence-corrected chi connectivity index (χ1v) is 9.35. The van der Waals surface area contributed by atoms with Crippen LogP contribution in [0.15, 0.2) is 42.5 Å². The van der Waals surface area contributed by atoms with Gasteiger partial charge >= 0.3 is 0 Å². The van der Waals surface area contributed by atoms with Crippen LogP contribution in [-0.2, 0) is 13.2 Å². The summed E-state index contributed by atoms with van der Waals surface area (Å²) < 4.78 is 5.89. The Balaban J connectivity index is 1.53. The van der Waals surface area contributed by atoms with Gasteiger partial charge in [0, 0.05) is 12.6 Å². The Morgan fingerprint density at radius 3 is 2.54 bits per heavy atom. The summed E-state index contributed by atoms with van der Waals surface area (Å²) in [5.74, 6) is 0.879. The molecule has 1 fully saturated rings. The smallest absolute Gasteiger partial charge is 0.120 e. The lowest BCUT2D eigenvalue weighted by Gasteiger charge is -2.23. The SMILES string of the molecule is Clc1ccc(COc2cccc(CNC3CCCCC3)c2)cc1Cl. The highest BCUT2D eigenvalue weighted by Crippen LogP contribution is 2.24. The highest BCUT2D eigenvalue weighted by atomic mass is 35.5. The van der Waals surface area contributed by atoms with E-state index in [1.807, 2.05) is 24.3 Å². The van der Waals surface area contributed by atoms with Crippen LogP contribution < -0.4 is 10.1 Å². The Morgan fingerprint density at radius 2 is 1.75 bits per heavy atom. The van der Waals surface area contributed by atoms with E-state index in [0.717, 1.165) is 17.9 Å². The van der Waals surface area contributed by atoms with Crippen LogP contribution in [0.4, 0.5) is 0 Å². The molecule has 0 radical (unpaired) electrons. The van der Waals surface area contributed by atoms with Crippen molar-refractivity contribution in [1.29, 1.82) is 0 Å². The average molecular weight is 364 g/mol. The molecule has 2 nitrogen and oxygen atoms in total. The second kappa shape index (κ2) is 8.75. The molecule has 0 spiro atoms. The van der Waals surface area contributed by atoms with Crippen LogP contribution in [0.3, 0.4) is 0 Å². The van der Waals surface area contributed by atoms with Gasteiger partial charge in [0.15, 0.2) is 0 Å². The maximum absolute atomic E-state index is 6.04. The number of hydrogen-bond donors (Lipinski definition) is 1. The molecule has 1 aliphatic carbocycles. The van der Waals surface area contributed by atoms with E-state index in [1.54, 1.807) is 6.07 Å². The lowest BCUT2D eigenvalue weighted by atomic mass is 9.95. The van der Waals surface area contributed by atoms with E-state index in [0.29, 0.717) is 22.7 Å². The van der Waals surface area contributed by atoms with Crippen LogP contribution in [0.5, 0.6) is 5.75 Å². The highest BCUT2D eigenvalue weighted by molar-refractivity contribution is 6.42. The fourth-order valence-corrected chi connectivity index (χ4v) is 3.43. The van der Waals surface area contributed by atoms with Crippen LogP contribution >= 0.6 is 23.2 Å². The van der Waals surface area contributed by atoms with Crippen LogP contribution in [-0.4, -0.2) is 6.04 Å². The second-order valence-electron chi connectivity index (χ2n) is 6.40. The number of nitrogens with one attached hydrogen (secondary N) is 1. The van der Waals surface area contributed by atoms with Gasteiger partial charge in [-0.25, -0.2) is 0 Å². The summed E-state index contributed by atoms with van der Waals surface area (Å²) in [6.45, 7) is 1.38. The lowest BCUT2D eigenvalue weighted by Crippen LogP contribution is -2.30. The third-order valence-corrected chi connectivity index (χ3v) is 5.23. The molecule has 0 aromatic heterocycles. The molecule has 3 rings (SSSR count). The Morgan fingerprint density at radius 1 is 0.917 bits per heavy atom. The largest absolute Gasteiger partial charge is 0.489 e. The van der Waals surface area contributed by atoms with Crippen LogP contribution in [0.2, 0.25) is 10.0 Å². The highest BCUT2D eigenvalue weighted by Gasteiger charge is 2.12. The van der Waals surface area contributed by atoms with E-state index in [1.165, 1.54) is 37.7 Å². The molecule has 1 aliphatic rings. The van der Waals surface area contributed by atoms with Crippen molar-refractivity contribution in [2.24, 2.45) is 0 Å². The zero-order chi connectivity index (χ0) is 16.8. The third kappa shape index (κ3) is 5.14. The van der Waals surface area contributed by atoms with Gasteiger partial charge in [0.25, 0.3) is 0 Å². The van der Waals surface area contributed by atoms with E-state index in [-0.39, 0.29) is 0 Å². The van der Waals surface area contributed by atoms with Gasteiger partial charge in [0.05, 0.1) is 10.0 Å². The molecule has 4 heteroatoms. The fraction of sp³-hybridized carbons (Fsp3) is 0.400. The average Bonchev–Trinajstić information content (AvgIpc) is 2.62. The summed E-state index contributed by atoms with van der Waals surface area (Å²) in [6.07, 6.45) is 6.69. The molecule has 2 aromatic carbocycles. The van der Waals surface area contributed by atoms with Crippen molar-refractivity contribution in [3.05, 3.63) is 63.6 Å². The molecule has 2 aromatic rings. The van der Waals surface area contributed by atoms with E-state index in [4.69, 9.17) is 27.9 Å². The minimum absolute atomic E-state index is 0.483. The summed E-state index contributed by atoms with van der Waals surface area (Å²) in [4.78, 5) is 0. The Kier molecular flexibility index (Phi) is 6.42. The molecular weight excluding hydrogens is 341 g/mol. The first-order chi connectivity index (χ1) is 11.7. The van der Waals surface area contributed by atoms with Gasteiger partial charge in [-0.2, -0.15) is 0 Å². The molecule has 128 valence electrons. The van der Waals surface area contributed by atoms with E-state index < -0.39 is 0 Å². The summed E-state index contributed by atoms with van der Waals surface area (Å²) in [6, 6.07) is 14.5. The van der Waals surface area contributed by atoms with Crippen molar-refractivity contribution in [2.45, 2.75) is 51.3 Å². The standard InChI is InChI=1S/C20H23Cl2NO/c21-19-10-9-16(12-20(19)22)14-24-18-8-4-5-15(11-18)13-23-17-6-2-1-3-7-17/h4-5,8-12,17,23H,1-3,6-7,13-14H2. The van der Waals surface area contributed by atoms with Gasteiger partial charge in [-0.05, 0) is 48.2 Å². The molecular formula is C20H23Cl2NO. The number of hydrogen-bond acceptors (Lipinski definition) is 2. The summed E-state index contributed by atoms with van der Waals surface area (Å²) in [5, 5.41) is 4.79. The van der Waals surface area contributed by atoms with E-state index in [9.17, 15) is 0 Å². The summed E-state index contributed by atoms with van der Waals surface area (Å²) >= 11 is 12.0. The number of halogens is 2. The van der Waals surface area contributed by atoms with Gasteiger partial charge in [-0.3, -0.25) is 0 Å². The quantitative estimate of drug-likeness (QED) is 0.679. The topological polar surface area (TPSA) is 21.3 Å². The fourth-order valence-electron chi connectivity index (χ4n) is 3.11. The maximum Gasteiger partial charge on any atom is 0.120 e. The molecule has 0 aliphatic heterocycles. The van der Waals surface area contributed by atoms with Gasteiger partial charge in [0.1, 0.15) is 12.4 Å². The van der Waals surface area contributed by atoms with E-state index in [2.05, 4.69) is 17.4 Å². The maximum atomic E-state index is 6.04. The first-order valence-electron chi connectivity index (χ1n) is 8.60. The molecule has 24 heavy (non-hydrogen) atoms. The van der Waals surface area contributed by atoms with Gasteiger partial charge in [-0.15, -0.1) is 0 Å². The van der Waals surface area contributed by atoms with Crippen LogP contribution in [0, 0.1) is 0 Å². The van der Waals surface area contributed by atoms with Gasteiger partial charge < -0.3 is 10.1 Å². The van der Waals surface area contributed by atoms with Crippen molar-refractivity contribution in [3.8, 4) is 5.75 Å². The molecule has 0 unspecified atom stereocenters. The summed E-state index contributed by atoms with van der Waals surface area (Å²) in [7, 11) is 0. The molecule has 0 atom stereocenters. The lowest BCUT2D eigenvalue weighted by molar-refractivity contribution is 0.305. The summed E-state index contributed by atoms with van der Waals surface area (Å²) in [5.41, 5.74) is 2.27. The van der Waals surface area contributed by atoms with Gasteiger partial charge in [0.2, 0.25) is 0 Å². The van der Waals surface area contributed by atoms with E-state index >= 15 is 0 Å². The predicted molar refractivity (Wildman–Crippen MR) is 101 cm³/mol. The van der Waals surface area contributed by atoms with Crippen molar-refractivity contribution < 1.29 is 4.74 Å². The van der Waals surface area contributed by atoms with Gasteiger partial charge in [-0.1, -0.05) is 60.7 Å². The molecule has 1 N–H and O–H groups in total. The van der Waals surface area contributed by atoms with Crippen LogP contribution in [0.25, 0.3) is 0 Å². The van der Waals surface area contributed by atoms with Crippen molar-refractivity contribution >= 4 is 23.2 Å². The zero-order valence-corrected chi connectivity index (χ0v) is 15.2. The molecule has 1 saturated carbocycles. The molecule has 0 heterocycles. The third-order valence-electron chi connectivity index (χ3n) is 4.49. The molecule has 0 saturated heterocycles. The normalized spacial score (nSPS) is 15.4. The monoisotopic (exact) mass is 363 g/mol. The predicted octanol–water partition coefficient (Wildman–Crippen LogP) is 5.99. The Hall–Kier alpha value is -1.22. The minimum Gasteiger partial charge on any atom is -0.489 e. The zero-order valence-electron chi connectivity index (χ0n) is 13.7. The molecule has 0 amide bonds. The number of benzene rings is 2.